The summed E-state index contributed by atoms with van der Waals surface area (Å²) < 4.78 is 84.1. The third kappa shape index (κ3) is 5.56. The van der Waals surface area contributed by atoms with E-state index in [-0.39, 0.29) is 18.0 Å². The number of benzene rings is 2. The van der Waals surface area contributed by atoms with Gasteiger partial charge in [-0.2, -0.15) is 30.6 Å². The molecule has 7 nitrogen and oxygen atoms in total. The van der Waals surface area contributed by atoms with Crippen LogP contribution >= 0.6 is 0 Å². The van der Waals surface area contributed by atoms with Crippen LogP contribution in [0.3, 0.4) is 0 Å². The van der Waals surface area contributed by atoms with Gasteiger partial charge in [0.25, 0.3) is 10.2 Å². The summed E-state index contributed by atoms with van der Waals surface area (Å²) in [7, 11) is -1.05. The molecule has 0 aromatic heterocycles. The molecule has 1 amide bonds. The van der Waals surface area contributed by atoms with Gasteiger partial charge in [0.1, 0.15) is 17.3 Å². The van der Waals surface area contributed by atoms with Crippen LogP contribution in [0.25, 0.3) is 0 Å². The molecule has 1 aliphatic heterocycles. The topological polar surface area (TPSA) is 79.0 Å². The van der Waals surface area contributed by atoms with E-state index in [0.717, 1.165) is 21.5 Å². The maximum absolute atomic E-state index is 13.8. The Hall–Kier alpha value is -2.70. The lowest BCUT2D eigenvalue weighted by Crippen LogP contribution is -2.45. The summed E-state index contributed by atoms with van der Waals surface area (Å²) in [5.41, 5.74) is 0.313. The molecule has 174 valence electrons. The van der Waals surface area contributed by atoms with Crippen molar-refractivity contribution in [2.45, 2.75) is 19.1 Å². The average Bonchev–Trinajstić information content (AvgIpc) is 2.70. The summed E-state index contributed by atoms with van der Waals surface area (Å²) in [6.07, 6.45) is -4.26. The third-order valence-electron chi connectivity index (χ3n) is 4.91. The maximum atomic E-state index is 13.8. The molecule has 1 N–H and O–H groups in total. The summed E-state index contributed by atoms with van der Waals surface area (Å²) in [6, 6.07) is 7.29. The second-order valence-corrected chi connectivity index (χ2v) is 9.31. The number of hydrogen-bond acceptors (Lipinski definition) is 4. The second kappa shape index (κ2) is 9.04. The molecule has 2 aromatic rings. The first-order chi connectivity index (χ1) is 14.9. The number of fused-ring (bicyclic) bond motifs is 1. The van der Waals surface area contributed by atoms with E-state index in [0.29, 0.717) is 25.1 Å². The van der Waals surface area contributed by atoms with Gasteiger partial charge in [-0.15, -0.1) is 0 Å². The first kappa shape index (κ1) is 24.0. The molecule has 0 fully saturated rings. The number of nitrogens with one attached hydrogen (secondary N) is 1. The number of nitrogens with zero attached hydrogens (tertiary/aromatic N) is 2. The Bertz CT molecular complexity index is 1120. The lowest BCUT2D eigenvalue weighted by Gasteiger charge is -2.29. The molecule has 1 aliphatic rings. The largest absolute Gasteiger partial charge is 0.457 e. The normalized spacial score (nSPS) is 14.4. The van der Waals surface area contributed by atoms with Gasteiger partial charge in [-0.05, 0) is 41.8 Å². The minimum atomic E-state index is -4.80. The number of carbonyl (C=O) groups excluding carboxylic acids is 1. The van der Waals surface area contributed by atoms with Crippen molar-refractivity contribution in [2.24, 2.45) is 0 Å². The van der Waals surface area contributed by atoms with Crippen molar-refractivity contribution in [3.05, 3.63) is 58.9 Å². The summed E-state index contributed by atoms with van der Waals surface area (Å²) in [6.45, 7) is 0.215. The molecule has 1 heterocycles. The van der Waals surface area contributed by atoms with Gasteiger partial charge in [-0.1, -0.05) is 6.07 Å². The molecule has 12 heteroatoms. The van der Waals surface area contributed by atoms with Crippen molar-refractivity contribution in [2.75, 3.05) is 27.2 Å². The third-order valence-corrected chi connectivity index (χ3v) is 6.38. The smallest absolute Gasteiger partial charge is 0.419 e. The predicted molar refractivity (Wildman–Crippen MR) is 108 cm³/mol. The lowest BCUT2D eigenvalue weighted by atomic mass is 9.99. The lowest BCUT2D eigenvalue weighted by molar-refractivity contribution is -0.140. The van der Waals surface area contributed by atoms with Crippen LogP contribution < -0.4 is 9.46 Å². The Labute approximate surface area is 182 Å². The molecule has 0 saturated carbocycles. The van der Waals surface area contributed by atoms with Gasteiger partial charge in [0, 0.05) is 33.3 Å². The zero-order valence-corrected chi connectivity index (χ0v) is 18.1. The fraction of sp³-hybridized carbons (Fsp3) is 0.350. The number of rotatable bonds is 6. The first-order valence-corrected chi connectivity index (χ1v) is 10.9. The number of halogens is 4. The zero-order chi connectivity index (χ0) is 23.7. The summed E-state index contributed by atoms with van der Waals surface area (Å²) in [5.74, 6) is -1.68. The Morgan fingerprint density at radius 1 is 1.12 bits per heavy atom. The van der Waals surface area contributed by atoms with Crippen LogP contribution in [0.15, 0.2) is 36.4 Å². The summed E-state index contributed by atoms with van der Waals surface area (Å²) >= 11 is 0. The zero-order valence-electron chi connectivity index (χ0n) is 17.2. The van der Waals surface area contributed by atoms with Crippen LogP contribution in [-0.2, 0) is 34.1 Å². The monoisotopic (exact) mass is 475 g/mol. The van der Waals surface area contributed by atoms with Gasteiger partial charge in [0.05, 0.1) is 12.1 Å². The SMILES string of the molecule is CN(C)S(=O)(=O)NCC(=O)N1CCc2ccc(Oc3ccc(C(F)(F)F)c(F)c3)cc2C1. The summed E-state index contributed by atoms with van der Waals surface area (Å²) in [4.78, 5) is 13.9. The van der Waals surface area contributed by atoms with E-state index in [9.17, 15) is 30.8 Å². The molecule has 0 saturated heterocycles. The van der Waals surface area contributed by atoms with Crippen LogP contribution in [0, 0.1) is 5.82 Å². The van der Waals surface area contributed by atoms with Crippen molar-refractivity contribution in [3.63, 3.8) is 0 Å². The van der Waals surface area contributed by atoms with E-state index >= 15 is 0 Å². The molecule has 0 unspecified atom stereocenters. The molecule has 3 rings (SSSR count). The summed E-state index contributed by atoms with van der Waals surface area (Å²) in [5, 5.41) is 0. The van der Waals surface area contributed by atoms with Crippen molar-refractivity contribution in [1.82, 2.24) is 13.9 Å². The molecule has 0 radical (unpaired) electrons. The van der Waals surface area contributed by atoms with E-state index in [1.807, 2.05) is 0 Å². The maximum Gasteiger partial charge on any atom is 0.419 e. The van der Waals surface area contributed by atoms with Crippen molar-refractivity contribution in [1.29, 1.82) is 0 Å². The Balaban J connectivity index is 1.69. The van der Waals surface area contributed by atoms with Crippen LogP contribution in [0.5, 0.6) is 11.5 Å². The Kier molecular flexibility index (Phi) is 6.77. The number of carbonyl (C=O) groups is 1. The van der Waals surface area contributed by atoms with Gasteiger partial charge in [0.15, 0.2) is 0 Å². The van der Waals surface area contributed by atoms with Crippen molar-refractivity contribution in [3.8, 4) is 11.5 Å². The highest BCUT2D eigenvalue weighted by Gasteiger charge is 2.34. The first-order valence-electron chi connectivity index (χ1n) is 9.48. The van der Waals surface area contributed by atoms with Crippen molar-refractivity contribution < 1.29 is 35.5 Å². The van der Waals surface area contributed by atoms with Gasteiger partial charge in [0.2, 0.25) is 5.91 Å². The van der Waals surface area contributed by atoms with Crippen LogP contribution in [0.1, 0.15) is 16.7 Å². The highest BCUT2D eigenvalue weighted by Crippen LogP contribution is 2.34. The number of amides is 1. The fourth-order valence-electron chi connectivity index (χ4n) is 3.13. The molecule has 0 aliphatic carbocycles. The van der Waals surface area contributed by atoms with E-state index < -0.39 is 40.2 Å². The van der Waals surface area contributed by atoms with E-state index in [1.54, 1.807) is 18.2 Å². The number of alkyl halides is 3. The van der Waals surface area contributed by atoms with Crippen molar-refractivity contribution >= 4 is 16.1 Å². The second-order valence-electron chi connectivity index (χ2n) is 7.35. The number of ether oxygens (including phenoxy) is 1. The van der Waals surface area contributed by atoms with Gasteiger partial charge < -0.3 is 9.64 Å². The van der Waals surface area contributed by atoms with Gasteiger partial charge >= 0.3 is 6.18 Å². The Morgan fingerprint density at radius 3 is 2.41 bits per heavy atom. The van der Waals surface area contributed by atoms with Gasteiger partial charge in [-0.3, -0.25) is 4.79 Å². The minimum Gasteiger partial charge on any atom is -0.457 e. The molecular weight excluding hydrogens is 454 g/mol. The predicted octanol–water partition coefficient (Wildman–Crippen LogP) is 2.92. The van der Waals surface area contributed by atoms with Crippen LogP contribution in [0.2, 0.25) is 0 Å². The molecule has 0 spiro atoms. The van der Waals surface area contributed by atoms with Crippen LogP contribution in [0.4, 0.5) is 17.6 Å². The fourth-order valence-corrected chi connectivity index (χ4v) is 3.69. The number of hydrogen-bond donors (Lipinski definition) is 1. The highest BCUT2D eigenvalue weighted by atomic mass is 32.2. The molecule has 0 bridgehead atoms. The van der Waals surface area contributed by atoms with E-state index in [1.165, 1.54) is 19.0 Å². The van der Waals surface area contributed by atoms with Gasteiger partial charge in [-0.25, -0.2) is 4.39 Å². The Morgan fingerprint density at radius 2 is 1.78 bits per heavy atom. The molecule has 0 atom stereocenters. The van der Waals surface area contributed by atoms with E-state index in [4.69, 9.17) is 4.74 Å². The van der Waals surface area contributed by atoms with Crippen LogP contribution in [-0.4, -0.2) is 50.7 Å². The molecule has 32 heavy (non-hydrogen) atoms. The average molecular weight is 475 g/mol. The van der Waals surface area contributed by atoms with E-state index in [2.05, 4.69) is 4.72 Å². The quantitative estimate of drug-likeness (QED) is 0.652. The minimum absolute atomic E-state index is 0.0997. The highest BCUT2D eigenvalue weighted by molar-refractivity contribution is 7.87. The molecular formula is C20H21F4N3O4S. The molecule has 2 aromatic carbocycles. The standard InChI is InChI=1S/C20H21F4N3O4S/c1-26(2)32(29,30)25-11-19(28)27-8-7-13-3-4-15(9-14(13)12-27)31-16-5-6-17(18(21)10-16)20(22,23)24/h3-6,9-10,25H,7-8,11-12H2,1-2H3.